The van der Waals surface area contributed by atoms with E-state index in [9.17, 15) is 4.79 Å². The second kappa shape index (κ2) is 9.48. The Morgan fingerprint density at radius 3 is 2.52 bits per heavy atom. The molecule has 1 fully saturated rings. The first kappa shape index (κ1) is 21.2. The second-order valence-electron chi connectivity index (χ2n) is 7.99. The molecule has 33 heavy (non-hydrogen) atoms. The van der Waals surface area contributed by atoms with Crippen molar-refractivity contribution in [1.82, 2.24) is 4.90 Å². The number of rotatable bonds is 6. The molecule has 0 radical (unpaired) electrons. The highest BCUT2D eigenvalue weighted by Gasteiger charge is 2.31. The van der Waals surface area contributed by atoms with Crippen LogP contribution in [-0.2, 0) is 4.74 Å². The van der Waals surface area contributed by atoms with Crippen molar-refractivity contribution in [1.29, 1.82) is 0 Å². The van der Waals surface area contributed by atoms with Crippen molar-refractivity contribution < 1.29 is 18.7 Å². The van der Waals surface area contributed by atoms with Crippen molar-refractivity contribution in [2.75, 3.05) is 38.7 Å². The quantitative estimate of drug-likeness (QED) is 0.449. The normalized spacial score (nSPS) is 15.3. The van der Waals surface area contributed by atoms with Crippen molar-refractivity contribution in [2.24, 2.45) is 0 Å². The van der Waals surface area contributed by atoms with Crippen LogP contribution in [0.4, 0.5) is 5.69 Å². The third kappa shape index (κ3) is 4.35. The zero-order valence-corrected chi connectivity index (χ0v) is 18.5. The molecule has 168 valence electrons. The summed E-state index contributed by atoms with van der Waals surface area (Å²) in [4.78, 5) is 15.5. The highest BCUT2D eigenvalue weighted by Crippen LogP contribution is 2.41. The minimum absolute atomic E-state index is 0.172. The van der Waals surface area contributed by atoms with Gasteiger partial charge in [-0.15, -0.1) is 0 Å². The lowest BCUT2D eigenvalue weighted by molar-refractivity contribution is 0.0206. The van der Waals surface area contributed by atoms with E-state index in [-0.39, 0.29) is 11.9 Å². The predicted octanol–water partition coefficient (Wildman–Crippen LogP) is 5.12. The number of hydrogen-bond donors (Lipinski definition) is 1. The van der Waals surface area contributed by atoms with Crippen molar-refractivity contribution in [3.8, 4) is 5.75 Å². The predicted molar refractivity (Wildman–Crippen MR) is 128 cm³/mol. The molecule has 0 aliphatic carbocycles. The molecule has 0 saturated carbocycles. The maximum absolute atomic E-state index is 13.1. The Balaban J connectivity index is 1.64. The van der Waals surface area contributed by atoms with E-state index in [1.54, 1.807) is 19.2 Å². The Morgan fingerprint density at radius 2 is 1.73 bits per heavy atom. The summed E-state index contributed by atoms with van der Waals surface area (Å²) >= 11 is 0. The van der Waals surface area contributed by atoms with E-state index < -0.39 is 0 Å². The van der Waals surface area contributed by atoms with Gasteiger partial charge in [0.1, 0.15) is 17.1 Å². The first-order valence-corrected chi connectivity index (χ1v) is 11.1. The van der Waals surface area contributed by atoms with Crippen molar-refractivity contribution in [3.63, 3.8) is 0 Å². The van der Waals surface area contributed by atoms with Gasteiger partial charge in [-0.2, -0.15) is 0 Å². The lowest BCUT2D eigenvalue weighted by Gasteiger charge is -2.34. The number of nitrogens with zero attached hydrogens (tertiary/aromatic N) is 1. The smallest absolute Gasteiger partial charge is 0.255 e. The molecule has 1 atom stereocenters. The largest absolute Gasteiger partial charge is 0.497 e. The number of methoxy groups -OCH3 is 1. The molecule has 1 aliphatic rings. The van der Waals surface area contributed by atoms with Crippen molar-refractivity contribution >= 4 is 22.6 Å². The average molecular weight is 443 g/mol. The fraction of sp³-hybridized carbons (Fsp3) is 0.222. The van der Waals surface area contributed by atoms with Crippen LogP contribution in [-0.4, -0.2) is 44.2 Å². The van der Waals surface area contributed by atoms with Gasteiger partial charge in [0.05, 0.1) is 32.1 Å². The number of amides is 1. The van der Waals surface area contributed by atoms with Gasteiger partial charge < -0.3 is 19.2 Å². The molecule has 1 saturated heterocycles. The summed E-state index contributed by atoms with van der Waals surface area (Å²) in [5.41, 5.74) is 3.05. The molecule has 3 aromatic carbocycles. The number of anilines is 1. The Labute approximate surface area is 192 Å². The van der Waals surface area contributed by atoms with Gasteiger partial charge in [0, 0.05) is 24.0 Å². The minimum atomic E-state index is -0.206. The molecule has 6 nitrogen and oxygen atoms in total. The molecule has 0 spiro atoms. The summed E-state index contributed by atoms with van der Waals surface area (Å²) in [6.07, 6.45) is 0. The number of carbonyl (C=O) groups is 1. The third-order valence-corrected chi connectivity index (χ3v) is 5.97. The minimum Gasteiger partial charge on any atom is -0.497 e. The average Bonchev–Trinajstić information content (AvgIpc) is 3.23. The lowest BCUT2D eigenvalue weighted by Crippen LogP contribution is -2.39. The molecule has 4 aromatic rings. The van der Waals surface area contributed by atoms with Crippen LogP contribution >= 0.6 is 0 Å². The molecule has 0 bridgehead atoms. The first-order chi connectivity index (χ1) is 16.2. The van der Waals surface area contributed by atoms with E-state index >= 15 is 0 Å². The summed E-state index contributed by atoms with van der Waals surface area (Å²) in [5, 5.41) is 4.02. The van der Waals surface area contributed by atoms with Crippen LogP contribution < -0.4 is 10.1 Å². The Hall–Kier alpha value is -3.61. The molecular weight excluding hydrogens is 416 g/mol. The Morgan fingerprint density at radius 1 is 0.970 bits per heavy atom. The number of fused-ring (bicyclic) bond motifs is 1. The van der Waals surface area contributed by atoms with Crippen molar-refractivity contribution in [2.45, 2.75) is 6.04 Å². The van der Waals surface area contributed by atoms with Crippen LogP contribution in [0.1, 0.15) is 27.7 Å². The molecule has 6 heteroatoms. The molecule has 2 heterocycles. The van der Waals surface area contributed by atoms with Crippen LogP contribution in [0.25, 0.3) is 11.0 Å². The van der Waals surface area contributed by atoms with Gasteiger partial charge in [-0.25, -0.2) is 0 Å². The van der Waals surface area contributed by atoms with Gasteiger partial charge in [0.2, 0.25) is 0 Å². The maximum atomic E-state index is 13.1. The number of carbonyl (C=O) groups excluding carboxylic acids is 1. The molecule has 0 unspecified atom stereocenters. The van der Waals surface area contributed by atoms with Gasteiger partial charge in [-0.3, -0.25) is 9.69 Å². The highest BCUT2D eigenvalue weighted by molar-refractivity contribution is 6.09. The van der Waals surface area contributed by atoms with Gasteiger partial charge in [0.25, 0.3) is 5.91 Å². The highest BCUT2D eigenvalue weighted by atomic mass is 16.5. The number of para-hydroxylation sites is 1. The van der Waals surface area contributed by atoms with E-state index in [1.165, 1.54) is 0 Å². The SMILES string of the molecule is COc1cccc([C@@H](c2oc3ccccc3c2NC(=O)c2ccccc2)N2CCOCC2)c1. The standard InChI is InChI=1S/C27H26N2O4/c1-31-21-11-7-10-20(18-21)25(29-14-16-32-17-15-29)26-24(22-12-5-6-13-23(22)33-26)28-27(30)19-8-3-2-4-9-19/h2-13,18,25H,14-17H2,1H3,(H,28,30)/t25-/m0/s1. The Kier molecular flexibility index (Phi) is 6.11. The summed E-state index contributed by atoms with van der Waals surface area (Å²) in [6, 6.07) is 24.8. The topological polar surface area (TPSA) is 63.9 Å². The first-order valence-electron chi connectivity index (χ1n) is 11.1. The van der Waals surface area contributed by atoms with E-state index in [1.807, 2.05) is 60.7 Å². The summed E-state index contributed by atoms with van der Waals surface area (Å²) in [7, 11) is 1.66. The third-order valence-electron chi connectivity index (χ3n) is 5.97. The number of furan rings is 1. The number of morpholine rings is 1. The van der Waals surface area contributed by atoms with Gasteiger partial charge in [0.15, 0.2) is 0 Å². The molecule has 1 aliphatic heterocycles. The number of nitrogens with one attached hydrogen (secondary N) is 1. The van der Waals surface area contributed by atoms with E-state index in [0.29, 0.717) is 30.2 Å². The van der Waals surface area contributed by atoms with Crippen LogP contribution in [0, 0.1) is 0 Å². The monoisotopic (exact) mass is 442 g/mol. The molecule has 1 amide bonds. The number of hydrogen-bond acceptors (Lipinski definition) is 5. The molecule has 5 rings (SSSR count). The fourth-order valence-corrected chi connectivity index (χ4v) is 4.34. The lowest BCUT2D eigenvalue weighted by atomic mass is 10.00. The van der Waals surface area contributed by atoms with E-state index in [2.05, 4.69) is 16.3 Å². The zero-order valence-electron chi connectivity index (χ0n) is 18.5. The molecule has 1 aromatic heterocycles. The molecule has 1 N–H and O–H groups in total. The zero-order chi connectivity index (χ0) is 22.6. The van der Waals surface area contributed by atoms with Gasteiger partial charge in [-0.1, -0.05) is 42.5 Å². The number of ether oxygens (including phenoxy) is 2. The van der Waals surface area contributed by atoms with E-state index in [4.69, 9.17) is 13.9 Å². The second-order valence-corrected chi connectivity index (χ2v) is 7.99. The summed E-state index contributed by atoms with van der Waals surface area (Å²) in [5.74, 6) is 1.31. The van der Waals surface area contributed by atoms with Crippen molar-refractivity contribution in [3.05, 3.63) is 95.7 Å². The van der Waals surface area contributed by atoms with Gasteiger partial charge >= 0.3 is 0 Å². The Bertz CT molecular complexity index is 1250. The fourth-order valence-electron chi connectivity index (χ4n) is 4.34. The van der Waals surface area contributed by atoms with Gasteiger partial charge in [-0.05, 0) is 42.0 Å². The number of benzene rings is 3. The maximum Gasteiger partial charge on any atom is 0.255 e. The summed E-state index contributed by atoms with van der Waals surface area (Å²) < 4.78 is 17.5. The van der Waals surface area contributed by atoms with Crippen LogP contribution in [0.3, 0.4) is 0 Å². The van der Waals surface area contributed by atoms with Crippen LogP contribution in [0.15, 0.2) is 83.3 Å². The van der Waals surface area contributed by atoms with Crippen LogP contribution in [0.5, 0.6) is 5.75 Å². The summed E-state index contributed by atoms with van der Waals surface area (Å²) in [6.45, 7) is 2.80. The van der Waals surface area contributed by atoms with Crippen LogP contribution in [0.2, 0.25) is 0 Å². The molecular formula is C27H26N2O4. The van der Waals surface area contributed by atoms with E-state index in [0.717, 1.165) is 35.4 Å².